The lowest BCUT2D eigenvalue weighted by molar-refractivity contribution is -0.161. The van der Waals surface area contributed by atoms with Gasteiger partial charge in [-0.05, 0) is 25.3 Å². The van der Waals surface area contributed by atoms with Gasteiger partial charge in [-0.15, -0.1) is 11.3 Å². The number of carbonyl (C=O) groups excluding carboxylic acids is 2. The lowest BCUT2D eigenvalue weighted by atomic mass is 10.1. The molecular formula is C12H16O4S. The van der Waals surface area contributed by atoms with Crippen LogP contribution in [0.25, 0.3) is 0 Å². The summed E-state index contributed by atoms with van der Waals surface area (Å²) in [6.45, 7) is 3.95. The van der Waals surface area contributed by atoms with Crippen LogP contribution < -0.4 is 0 Å². The molecule has 0 unspecified atom stereocenters. The van der Waals surface area contributed by atoms with Crippen molar-refractivity contribution in [2.75, 3.05) is 13.2 Å². The Morgan fingerprint density at radius 3 is 2.24 bits per heavy atom. The van der Waals surface area contributed by atoms with Gasteiger partial charge in [0.25, 0.3) is 0 Å². The zero-order valence-corrected chi connectivity index (χ0v) is 10.8. The zero-order chi connectivity index (χ0) is 12.7. The molecule has 0 bridgehead atoms. The average Bonchev–Trinajstić information content (AvgIpc) is 2.79. The molecule has 1 heterocycles. The summed E-state index contributed by atoms with van der Waals surface area (Å²) in [6.07, 6.45) is 0.343. The molecule has 0 aromatic carbocycles. The first kappa shape index (κ1) is 13.7. The highest BCUT2D eigenvalue weighted by Crippen LogP contribution is 2.17. The van der Waals surface area contributed by atoms with Gasteiger partial charge in [0.2, 0.25) is 0 Å². The number of thiophene rings is 1. The predicted octanol–water partition coefficient (Wildman–Crippen LogP) is 2.03. The van der Waals surface area contributed by atoms with E-state index in [0.717, 1.165) is 4.88 Å². The Bertz CT molecular complexity index is 341. The van der Waals surface area contributed by atoms with E-state index >= 15 is 0 Å². The molecule has 0 amide bonds. The topological polar surface area (TPSA) is 52.6 Å². The molecule has 17 heavy (non-hydrogen) atoms. The molecule has 0 N–H and O–H groups in total. The highest BCUT2D eigenvalue weighted by atomic mass is 32.1. The van der Waals surface area contributed by atoms with Crippen LogP contribution in [0.5, 0.6) is 0 Å². The number of hydrogen-bond acceptors (Lipinski definition) is 5. The summed E-state index contributed by atoms with van der Waals surface area (Å²) in [6, 6.07) is 3.77. The second-order valence-electron chi connectivity index (χ2n) is 3.34. The van der Waals surface area contributed by atoms with E-state index in [0.29, 0.717) is 6.42 Å². The first-order valence-corrected chi connectivity index (χ1v) is 6.42. The minimum atomic E-state index is -0.853. The maximum Gasteiger partial charge on any atom is 0.320 e. The van der Waals surface area contributed by atoms with Crippen LogP contribution >= 0.6 is 11.3 Å². The summed E-state index contributed by atoms with van der Waals surface area (Å²) in [7, 11) is 0. The molecule has 0 radical (unpaired) electrons. The van der Waals surface area contributed by atoms with E-state index in [1.54, 1.807) is 13.8 Å². The van der Waals surface area contributed by atoms with Gasteiger partial charge < -0.3 is 9.47 Å². The number of esters is 2. The standard InChI is InChI=1S/C12H16O4S/c1-3-15-11(13)10(12(14)16-4-2)8-9-6-5-7-17-9/h5-7,10H,3-4,8H2,1-2H3. The Kier molecular flexibility index (Phi) is 5.69. The van der Waals surface area contributed by atoms with E-state index < -0.39 is 17.9 Å². The first-order valence-electron chi connectivity index (χ1n) is 5.54. The molecule has 1 aromatic heterocycles. The van der Waals surface area contributed by atoms with Crippen LogP contribution in [0.15, 0.2) is 17.5 Å². The van der Waals surface area contributed by atoms with Crippen molar-refractivity contribution in [2.24, 2.45) is 5.92 Å². The van der Waals surface area contributed by atoms with E-state index in [2.05, 4.69) is 0 Å². The van der Waals surface area contributed by atoms with Gasteiger partial charge in [-0.25, -0.2) is 0 Å². The van der Waals surface area contributed by atoms with Gasteiger partial charge in [-0.2, -0.15) is 0 Å². The molecule has 1 rings (SSSR count). The molecule has 94 valence electrons. The van der Waals surface area contributed by atoms with Gasteiger partial charge in [0.1, 0.15) is 0 Å². The van der Waals surface area contributed by atoms with Gasteiger partial charge in [-0.3, -0.25) is 9.59 Å². The van der Waals surface area contributed by atoms with Crippen molar-refractivity contribution < 1.29 is 19.1 Å². The van der Waals surface area contributed by atoms with Crippen LogP contribution in [0.3, 0.4) is 0 Å². The molecule has 0 aliphatic rings. The zero-order valence-electron chi connectivity index (χ0n) is 9.97. The second-order valence-corrected chi connectivity index (χ2v) is 4.37. The Morgan fingerprint density at radius 1 is 1.24 bits per heavy atom. The van der Waals surface area contributed by atoms with Gasteiger partial charge in [-0.1, -0.05) is 6.07 Å². The van der Waals surface area contributed by atoms with E-state index in [1.165, 1.54) is 11.3 Å². The fraction of sp³-hybridized carbons (Fsp3) is 0.500. The first-order chi connectivity index (χ1) is 8.19. The molecule has 0 aliphatic carbocycles. The van der Waals surface area contributed by atoms with Crippen molar-refractivity contribution in [1.29, 1.82) is 0 Å². The normalized spacial score (nSPS) is 10.3. The number of rotatable bonds is 6. The van der Waals surface area contributed by atoms with Crippen molar-refractivity contribution in [3.8, 4) is 0 Å². The second kappa shape index (κ2) is 7.06. The van der Waals surface area contributed by atoms with Crippen molar-refractivity contribution in [3.63, 3.8) is 0 Å². The fourth-order valence-electron chi connectivity index (χ4n) is 1.38. The minimum Gasteiger partial charge on any atom is -0.465 e. The van der Waals surface area contributed by atoms with Crippen molar-refractivity contribution in [1.82, 2.24) is 0 Å². The molecule has 5 heteroatoms. The van der Waals surface area contributed by atoms with Crippen LogP contribution in [0.1, 0.15) is 18.7 Å². The Morgan fingerprint density at radius 2 is 1.82 bits per heavy atom. The van der Waals surface area contributed by atoms with E-state index in [9.17, 15) is 9.59 Å². The number of ether oxygens (including phenoxy) is 2. The number of hydrogen-bond donors (Lipinski definition) is 0. The largest absolute Gasteiger partial charge is 0.465 e. The highest BCUT2D eigenvalue weighted by Gasteiger charge is 2.29. The van der Waals surface area contributed by atoms with Crippen LogP contribution in [-0.2, 0) is 25.5 Å². The molecule has 4 nitrogen and oxygen atoms in total. The maximum atomic E-state index is 11.7. The van der Waals surface area contributed by atoms with Gasteiger partial charge in [0, 0.05) is 11.3 Å². The monoisotopic (exact) mass is 256 g/mol. The molecule has 1 aromatic rings. The van der Waals surface area contributed by atoms with Gasteiger partial charge in [0.05, 0.1) is 13.2 Å². The number of carbonyl (C=O) groups is 2. The smallest absolute Gasteiger partial charge is 0.320 e. The van der Waals surface area contributed by atoms with E-state index in [1.807, 2.05) is 17.5 Å². The molecule has 0 saturated heterocycles. The van der Waals surface area contributed by atoms with Crippen molar-refractivity contribution in [2.45, 2.75) is 20.3 Å². The van der Waals surface area contributed by atoms with Crippen LogP contribution in [0.2, 0.25) is 0 Å². The fourth-order valence-corrected chi connectivity index (χ4v) is 2.13. The SMILES string of the molecule is CCOC(=O)C(Cc1cccs1)C(=O)OCC. The molecular weight excluding hydrogens is 240 g/mol. The predicted molar refractivity (Wildman–Crippen MR) is 64.8 cm³/mol. The van der Waals surface area contributed by atoms with Crippen LogP contribution in [-0.4, -0.2) is 25.2 Å². The lowest BCUT2D eigenvalue weighted by Crippen LogP contribution is -2.29. The van der Waals surface area contributed by atoms with Crippen molar-refractivity contribution >= 4 is 23.3 Å². The van der Waals surface area contributed by atoms with Crippen molar-refractivity contribution in [3.05, 3.63) is 22.4 Å². The summed E-state index contributed by atoms with van der Waals surface area (Å²) in [5.74, 6) is -1.88. The van der Waals surface area contributed by atoms with Crippen LogP contribution in [0.4, 0.5) is 0 Å². The molecule has 0 fully saturated rings. The van der Waals surface area contributed by atoms with E-state index in [-0.39, 0.29) is 13.2 Å². The Hall–Kier alpha value is -1.36. The van der Waals surface area contributed by atoms with Gasteiger partial charge >= 0.3 is 11.9 Å². The average molecular weight is 256 g/mol. The van der Waals surface area contributed by atoms with Crippen LogP contribution in [0, 0.1) is 5.92 Å². The maximum absolute atomic E-state index is 11.7. The Balaban J connectivity index is 2.71. The third-order valence-corrected chi connectivity index (χ3v) is 3.03. The van der Waals surface area contributed by atoms with Gasteiger partial charge in [0.15, 0.2) is 5.92 Å². The summed E-state index contributed by atoms with van der Waals surface area (Å²) < 4.78 is 9.77. The summed E-state index contributed by atoms with van der Waals surface area (Å²) in [5, 5.41) is 1.91. The summed E-state index contributed by atoms with van der Waals surface area (Å²) in [5.41, 5.74) is 0. The summed E-state index contributed by atoms with van der Waals surface area (Å²) >= 11 is 1.51. The third kappa shape index (κ3) is 4.19. The van der Waals surface area contributed by atoms with E-state index in [4.69, 9.17) is 9.47 Å². The highest BCUT2D eigenvalue weighted by molar-refractivity contribution is 7.09. The minimum absolute atomic E-state index is 0.263. The lowest BCUT2D eigenvalue weighted by Gasteiger charge is -2.13. The third-order valence-electron chi connectivity index (χ3n) is 2.13. The molecule has 0 saturated carbocycles. The molecule has 0 aliphatic heterocycles. The molecule has 0 atom stereocenters. The Labute approximate surface area is 105 Å². The summed E-state index contributed by atoms with van der Waals surface area (Å²) in [4.78, 5) is 24.3. The quantitative estimate of drug-likeness (QED) is 0.577. The molecule has 0 spiro atoms.